The maximum Gasteiger partial charge on any atom is 0.338 e. The van der Waals surface area contributed by atoms with E-state index in [1.807, 2.05) is 45.0 Å². The van der Waals surface area contributed by atoms with Crippen molar-refractivity contribution in [2.45, 2.75) is 52.8 Å². The highest BCUT2D eigenvalue weighted by Gasteiger charge is 2.17. The van der Waals surface area contributed by atoms with Gasteiger partial charge in [0.15, 0.2) is 0 Å². The van der Waals surface area contributed by atoms with E-state index in [0.717, 1.165) is 27.8 Å². The highest BCUT2D eigenvalue weighted by atomic mass is 16.5. The maximum atomic E-state index is 12.8. The third-order valence-corrected chi connectivity index (χ3v) is 6.59. The van der Waals surface area contributed by atoms with Gasteiger partial charge in [0.05, 0.1) is 18.8 Å². The fraction of sp³-hybridized carbons (Fsp3) is 0.281. The first kappa shape index (κ1) is 25.5. The Balaban J connectivity index is 1.72. The molecule has 0 radical (unpaired) electrons. The molecule has 2 atom stereocenters. The van der Waals surface area contributed by atoms with Crippen LogP contribution in [0.5, 0.6) is 5.75 Å². The van der Waals surface area contributed by atoms with Crippen LogP contribution in [0, 0.1) is 6.92 Å². The molecule has 4 aromatic carbocycles. The second kappa shape index (κ2) is 11.0. The summed E-state index contributed by atoms with van der Waals surface area (Å²) in [6.45, 7) is 10.0. The molecule has 0 aliphatic heterocycles. The molecule has 186 valence electrons. The van der Waals surface area contributed by atoms with E-state index < -0.39 is 0 Å². The molecule has 0 fully saturated rings. The van der Waals surface area contributed by atoms with Crippen LogP contribution in [0.2, 0.25) is 0 Å². The molecule has 0 aromatic heterocycles. The lowest BCUT2D eigenvalue weighted by Gasteiger charge is -2.23. The van der Waals surface area contributed by atoms with Crippen LogP contribution in [0.15, 0.2) is 78.9 Å². The number of hydrogen-bond donors (Lipinski definition) is 1. The lowest BCUT2D eigenvalue weighted by Crippen LogP contribution is -2.22. The molecule has 0 saturated heterocycles. The van der Waals surface area contributed by atoms with Gasteiger partial charge in [-0.25, -0.2) is 4.79 Å². The zero-order valence-corrected chi connectivity index (χ0v) is 22.0. The van der Waals surface area contributed by atoms with Gasteiger partial charge in [-0.3, -0.25) is 0 Å². The summed E-state index contributed by atoms with van der Waals surface area (Å²) in [6, 6.07) is 27.3. The van der Waals surface area contributed by atoms with E-state index in [1.54, 1.807) is 7.11 Å². The first-order valence-corrected chi connectivity index (χ1v) is 12.5. The fourth-order valence-electron chi connectivity index (χ4n) is 4.59. The molecule has 4 nitrogen and oxygen atoms in total. The maximum absolute atomic E-state index is 12.8. The highest BCUT2D eigenvalue weighted by Crippen LogP contribution is 2.34. The van der Waals surface area contributed by atoms with Crippen molar-refractivity contribution in [1.29, 1.82) is 0 Å². The van der Waals surface area contributed by atoms with Gasteiger partial charge in [0.25, 0.3) is 0 Å². The van der Waals surface area contributed by atoms with Crippen molar-refractivity contribution < 1.29 is 14.3 Å². The largest absolute Gasteiger partial charge is 0.497 e. The second-order valence-corrected chi connectivity index (χ2v) is 9.66. The van der Waals surface area contributed by atoms with Crippen LogP contribution >= 0.6 is 0 Å². The smallest absolute Gasteiger partial charge is 0.338 e. The Labute approximate surface area is 214 Å². The summed E-state index contributed by atoms with van der Waals surface area (Å²) in [6.07, 6.45) is -0.164. The Morgan fingerprint density at radius 3 is 2.31 bits per heavy atom. The van der Waals surface area contributed by atoms with Crippen molar-refractivity contribution >= 4 is 16.7 Å². The van der Waals surface area contributed by atoms with Crippen LogP contribution in [0.1, 0.15) is 66.8 Å². The van der Waals surface area contributed by atoms with Crippen molar-refractivity contribution in [3.8, 4) is 16.9 Å². The van der Waals surface area contributed by atoms with Crippen LogP contribution in [-0.4, -0.2) is 19.2 Å². The van der Waals surface area contributed by atoms with Crippen molar-refractivity contribution in [3.05, 3.63) is 101 Å². The van der Waals surface area contributed by atoms with Crippen LogP contribution in [0.3, 0.4) is 0 Å². The fourth-order valence-corrected chi connectivity index (χ4v) is 4.59. The van der Waals surface area contributed by atoms with E-state index in [0.29, 0.717) is 5.56 Å². The van der Waals surface area contributed by atoms with Crippen molar-refractivity contribution in [3.63, 3.8) is 0 Å². The molecule has 0 spiro atoms. The molecule has 4 rings (SSSR count). The van der Waals surface area contributed by atoms with E-state index in [1.165, 1.54) is 16.5 Å². The zero-order valence-electron chi connectivity index (χ0n) is 22.0. The normalized spacial score (nSPS) is 13.0. The topological polar surface area (TPSA) is 47.6 Å². The average Bonchev–Trinajstić information content (AvgIpc) is 2.87. The van der Waals surface area contributed by atoms with Gasteiger partial charge in [-0.2, -0.15) is 0 Å². The number of aryl methyl sites for hydroxylation is 1. The van der Waals surface area contributed by atoms with Crippen LogP contribution in [0.4, 0.5) is 0 Å². The molecule has 36 heavy (non-hydrogen) atoms. The van der Waals surface area contributed by atoms with Crippen molar-refractivity contribution in [2.75, 3.05) is 7.11 Å². The highest BCUT2D eigenvalue weighted by molar-refractivity contribution is 5.99. The van der Waals surface area contributed by atoms with E-state index in [9.17, 15) is 4.79 Å². The summed E-state index contributed by atoms with van der Waals surface area (Å²) < 4.78 is 10.9. The lowest BCUT2D eigenvalue weighted by molar-refractivity contribution is 0.0377. The predicted molar refractivity (Wildman–Crippen MR) is 148 cm³/mol. The first-order chi connectivity index (χ1) is 17.3. The third kappa shape index (κ3) is 5.60. The minimum absolute atomic E-state index is 0.102. The number of rotatable bonds is 8. The zero-order chi connectivity index (χ0) is 25.8. The monoisotopic (exact) mass is 481 g/mol. The Kier molecular flexibility index (Phi) is 7.76. The summed E-state index contributed by atoms with van der Waals surface area (Å²) in [7, 11) is 1.69. The quantitative estimate of drug-likeness (QED) is 0.261. The molecule has 0 amide bonds. The molecule has 0 heterocycles. The first-order valence-electron chi connectivity index (χ1n) is 12.5. The summed E-state index contributed by atoms with van der Waals surface area (Å²) in [4.78, 5) is 12.8. The number of esters is 1. The van der Waals surface area contributed by atoms with Gasteiger partial charge in [-0.1, -0.05) is 48.5 Å². The molecular weight excluding hydrogens is 446 g/mol. The second-order valence-electron chi connectivity index (χ2n) is 9.66. The standard InChI is InChI=1S/C32H35NO3/c1-20(2)36-32(34)30-18-26(15-14-21(30)3)31-19-27(16-25-10-7-8-13-29(25)31)23(5)33-22(4)24-11-9-12-28(17-24)35-6/h7-20,22-23,33H,1-6H3/t22-,23?/m1/s1. The van der Waals surface area contributed by atoms with Gasteiger partial charge in [0.2, 0.25) is 0 Å². The van der Waals surface area contributed by atoms with Gasteiger partial charge in [-0.15, -0.1) is 0 Å². The van der Waals surface area contributed by atoms with E-state index in [2.05, 4.69) is 73.8 Å². The molecule has 0 saturated carbocycles. The lowest BCUT2D eigenvalue weighted by atomic mass is 9.91. The van der Waals surface area contributed by atoms with E-state index in [-0.39, 0.29) is 24.2 Å². The predicted octanol–water partition coefficient (Wildman–Crippen LogP) is 7.80. The summed E-state index contributed by atoms with van der Waals surface area (Å²) in [5, 5.41) is 6.06. The Bertz CT molecular complexity index is 1380. The number of carbonyl (C=O) groups excluding carboxylic acids is 1. The molecule has 0 aliphatic rings. The number of ether oxygens (including phenoxy) is 2. The Morgan fingerprint density at radius 2 is 1.56 bits per heavy atom. The van der Waals surface area contributed by atoms with Gasteiger partial charge in [0, 0.05) is 12.1 Å². The molecule has 1 unspecified atom stereocenters. The molecular formula is C32H35NO3. The van der Waals surface area contributed by atoms with Crippen LogP contribution in [-0.2, 0) is 4.74 Å². The molecule has 1 N–H and O–H groups in total. The number of carbonyl (C=O) groups is 1. The van der Waals surface area contributed by atoms with Crippen LogP contribution in [0.25, 0.3) is 21.9 Å². The summed E-state index contributed by atoms with van der Waals surface area (Å²) >= 11 is 0. The number of fused-ring (bicyclic) bond motifs is 1. The van der Waals surface area contributed by atoms with E-state index >= 15 is 0 Å². The third-order valence-electron chi connectivity index (χ3n) is 6.59. The summed E-state index contributed by atoms with van der Waals surface area (Å²) in [5.41, 5.74) is 5.98. The molecule has 0 aliphatic carbocycles. The van der Waals surface area contributed by atoms with Gasteiger partial charge >= 0.3 is 5.97 Å². The van der Waals surface area contributed by atoms with Gasteiger partial charge in [0.1, 0.15) is 5.75 Å². The van der Waals surface area contributed by atoms with Crippen molar-refractivity contribution in [2.24, 2.45) is 0 Å². The average molecular weight is 482 g/mol. The number of hydrogen-bond acceptors (Lipinski definition) is 4. The minimum Gasteiger partial charge on any atom is -0.497 e. The molecule has 0 bridgehead atoms. The number of methoxy groups -OCH3 is 1. The Hall–Kier alpha value is -3.63. The molecule has 4 aromatic rings. The number of nitrogens with one attached hydrogen (secondary N) is 1. The van der Waals surface area contributed by atoms with Gasteiger partial charge in [-0.05, 0) is 104 Å². The SMILES string of the molecule is COc1cccc([C@@H](C)NC(C)c2cc(-c3ccc(C)c(C(=O)OC(C)C)c3)c3ccccc3c2)c1. The Morgan fingerprint density at radius 1 is 0.806 bits per heavy atom. The van der Waals surface area contributed by atoms with E-state index in [4.69, 9.17) is 9.47 Å². The van der Waals surface area contributed by atoms with Crippen molar-refractivity contribution in [1.82, 2.24) is 5.32 Å². The molecule has 4 heteroatoms. The minimum atomic E-state index is -0.285. The summed E-state index contributed by atoms with van der Waals surface area (Å²) in [5.74, 6) is 0.569. The van der Waals surface area contributed by atoms with Crippen LogP contribution < -0.4 is 10.1 Å². The number of benzene rings is 4. The van der Waals surface area contributed by atoms with Gasteiger partial charge < -0.3 is 14.8 Å².